The molecule has 0 saturated carbocycles. The highest BCUT2D eigenvalue weighted by Crippen LogP contribution is 2.09. The minimum atomic E-state index is -1.53. The van der Waals surface area contributed by atoms with E-state index in [4.69, 9.17) is 15.2 Å². The van der Waals surface area contributed by atoms with Gasteiger partial charge >= 0.3 is 0 Å². The maximum absolute atomic E-state index is 13.7. The Morgan fingerprint density at radius 3 is 1.74 bits per heavy atom. The van der Waals surface area contributed by atoms with E-state index in [0.29, 0.717) is 5.56 Å². The predicted octanol–water partition coefficient (Wildman–Crippen LogP) is -1.82. The number of nitrogens with zero attached hydrogens (tertiary/aromatic N) is 3. The van der Waals surface area contributed by atoms with Crippen LogP contribution in [0.4, 0.5) is 0 Å². The van der Waals surface area contributed by atoms with Gasteiger partial charge in [-0.25, -0.2) is 0 Å². The molecule has 3 unspecified atom stereocenters. The molecule has 17 heteroatoms. The highest BCUT2D eigenvalue weighted by molar-refractivity contribution is 5.95. The number of ether oxygens (including phenoxy) is 2. The van der Waals surface area contributed by atoms with E-state index in [1.54, 1.807) is 60.7 Å². The lowest BCUT2D eigenvalue weighted by atomic mass is 10.0. The minimum Gasteiger partial charge on any atom is -0.394 e. The number of nitrogens with one attached hydrogen (secondary N) is 3. The van der Waals surface area contributed by atoms with Crippen molar-refractivity contribution in [3.05, 3.63) is 71.8 Å². The average Bonchev–Trinajstić information content (AvgIpc) is 3.13. The van der Waals surface area contributed by atoms with Gasteiger partial charge in [0.25, 0.3) is 0 Å². The molecule has 3 atom stereocenters. The van der Waals surface area contributed by atoms with Crippen LogP contribution in [0.5, 0.6) is 0 Å². The summed E-state index contributed by atoms with van der Waals surface area (Å²) >= 11 is 0. The van der Waals surface area contributed by atoms with E-state index < -0.39 is 73.3 Å². The molecule has 0 bridgehead atoms. The third-order valence-corrected chi connectivity index (χ3v) is 8.02. The number of carbonyl (C=O) groups is 7. The van der Waals surface area contributed by atoms with Crippen molar-refractivity contribution in [3.8, 4) is 0 Å². The van der Waals surface area contributed by atoms with Crippen LogP contribution in [0, 0.1) is 0 Å². The van der Waals surface area contributed by atoms with Gasteiger partial charge in [-0.3, -0.25) is 33.6 Å². The monoisotopic (exact) mass is 741 g/mol. The fraction of sp³-hybridized carbons (Fsp3) is 0.472. The van der Waals surface area contributed by atoms with E-state index in [-0.39, 0.29) is 51.7 Å². The van der Waals surface area contributed by atoms with Crippen molar-refractivity contribution in [3.63, 3.8) is 0 Å². The van der Waals surface area contributed by atoms with Crippen LogP contribution in [0.1, 0.15) is 25.0 Å². The molecule has 0 fully saturated rings. The molecule has 290 valence electrons. The van der Waals surface area contributed by atoms with E-state index in [1.807, 2.05) is 0 Å². The molecule has 0 aromatic heterocycles. The Morgan fingerprint density at radius 1 is 0.698 bits per heavy atom. The van der Waals surface area contributed by atoms with Crippen LogP contribution in [0.3, 0.4) is 0 Å². The molecule has 0 heterocycles. The van der Waals surface area contributed by atoms with Crippen molar-refractivity contribution in [1.82, 2.24) is 30.7 Å². The summed E-state index contributed by atoms with van der Waals surface area (Å²) in [5, 5.41) is 17.4. The normalized spacial score (nSPS) is 12.4. The van der Waals surface area contributed by atoms with Gasteiger partial charge in [0.1, 0.15) is 24.7 Å². The van der Waals surface area contributed by atoms with Gasteiger partial charge in [0.05, 0.1) is 32.9 Å². The van der Waals surface area contributed by atoms with Gasteiger partial charge in [0.15, 0.2) is 0 Å². The van der Waals surface area contributed by atoms with Gasteiger partial charge in [-0.15, -0.1) is 0 Å². The van der Waals surface area contributed by atoms with E-state index in [2.05, 4.69) is 16.0 Å². The van der Waals surface area contributed by atoms with Crippen LogP contribution in [-0.4, -0.2) is 146 Å². The largest absolute Gasteiger partial charge is 0.394 e. The lowest BCUT2D eigenvalue weighted by Crippen LogP contribution is -2.58. The number of hydrogen-bond acceptors (Lipinski definition) is 10. The number of benzene rings is 2. The van der Waals surface area contributed by atoms with Crippen LogP contribution in [0.2, 0.25) is 0 Å². The molecule has 53 heavy (non-hydrogen) atoms. The number of aliphatic hydroxyl groups is 1. The Hall–Kier alpha value is -5.39. The summed E-state index contributed by atoms with van der Waals surface area (Å²) < 4.78 is 10.2. The van der Waals surface area contributed by atoms with E-state index in [0.717, 1.165) is 10.5 Å². The van der Waals surface area contributed by atoms with Crippen LogP contribution in [-0.2, 0) is 56.0 Å². The second-order valence-corrected chi connectivity index (χ2v) is 12.2. The van der Waals surface area contributed by atoms with Gasteiger partial charge in [-0.1, -0.05) is 60.7 Å². The van der Waals surface area contributed by atoms with Crippen LogP contribution in [0.15, 0.2) is 60.7 Å². The molecule has 0 spiro atoms. The average molecular weight is 742 g/mol. The topological polar surface area (TPSA) is 230 Å². The van der Waals surface area contributed by atoms with Crippen molar-refractivity contribution in [1.29, 1.82) is 0 Å². The summed E-state index contributed by atoms with van der Waals surface area (Å²) in [5.41, 5.74) is 6.68. The summed E-state index contributed by atoms with van der Waals surface area (Å²) in [6.07, 6.45) is 0.0179. The molecule has 0 radical (unpaired) electrons. The van der Waals surface area contributed by atoms with Gasteiger partial charge in [-0.05, 0) is 18.1 Å². The third kappa shape index (κ3) is 15.8. The third-order valence-electron chi connectivity index (χ3n) is 8.02. The Morgan fingerprint density at radius 2 is 1.21 bits per heavy atom. The molecule has 6 N–H and O–H groups in total. The van der Waals surface area contributed by atoms with E-state index >= 15 is 0 Å². The Bertz CT molecular complexity index is 1510. The second-order valence-electron chi connectivity index (χ2n) is 12.2. The van der Waals surface area contributed by atoms with E-state index in [1.165, 1.54) is 37.9 Å². The number of primary amides is 1. The Balaban J connectivity index is 2.21. The summed E-state index contributed by atoms with van der Waals surface area (Å²) in [6, 6.07) is 13.9. The maximum Gasteiger partial charge on any atom is 0.245 e. The van der Waals surface area contributed by atoms with Crippen molar-refractivity contribution in [2.45, 2.75) is 44.9 Å². The molecule has 7 amide bonds. The SMILES string of the molecule is COCCN(CC(=O)N(CC(=O)N(CCOC)CC(=O)NC(CO)C(=O)NC(Cc1ccccc1)C(=O)NC(C)C(N)=O)Cc1ccccc1)C(C)=O. The molecule has 2 rings (SSSR count). The standard InChI is InChI=1S/C36H51N7O10/c1-25(34(37)49)38-35(50)29(19-27-11-7-5-8-12-27)40-36(51)30(24-44)39-31(46)21-42(16-18-53-4)32(47)23-43(20-28-13-9-6-10-14-28)33(48)22-41(26(2)45)15-17-52-3/h5-14,25,29-30,44H,15-24H2,1-4H3,(H2,37,49)(H,38,50)(H,39,46)(H,40,51). The lowest BCUT2D eigenvalue weighted by molar-refractivity contribution is -0.145. The highest BCUT2D eigenvalue weighted by Gasteiger charge is 2.30. The molecule has 0 aliphatic heterocycles. The van der Waals surface area contributed by atoms with Gasteiger partial charge in [-0.2, -0.15) is 0 Å². The smallest absolute Gasteiger partial charge is 0.245 e. The highest BCUT2D eigenvalue weighted by atomic mass is 16.5. The molecule has 17 nitrogen and oxygen atoms in total. The maximum atomic E-state index is 13.7. The Labute approximate surface area is 309 Å². The molecular weight excluding hydrogens is 690 g/mol. The van der Waals surface area contributed by atoms with Gasteiger partial charge < -0.3 is 51.0 Å². The first-order chi connectivity index (χ1) is 25.3. The molecule has 2 aromatic rings. The number of hydrogen-bond donors (Lipinski definition) is 5. The molecular formula is C36H51N7O10. The molecule has 0 aliphatic carbocycles. The van der Waals surface area contributed by atoms with Crippen molar-refractivity contribution in [2.24, 2.45) is 5.73 Å². The van der Waals surface area contributed by atoms with Gasteiger partial charge in [0, 0.05) is 47.2 Å². The van der Waals surface area contributed by atoms with Crippen molar-refractivity contribution < 1.29 is 48.1 Å². The fourth-order valence-electron chi connectivity index (χ4n) is 4.93. The number of nitrogens with two attached hydrogens (primary N) is 1. The zero-order chi connectivity index (χ0) is 39.3. The summed E-state index contributed by atoms with van der Waals surface area (Å²) in [7, 11) is 2.87. The molecule has 0 aliphatic rings. The minimum absolute atomic E-state index is 0.0179. The number of amides is 7. The van der Waals surface area contributed by atoms with Crippen LogP contribution < -0.4 is 21.7 Å². The first kappa shape index (κ1) is 43.8. The first-order valence-corrected chi connectivity index (χ1v) is 17.0. The van der Waals surface area contributed by atoms with Crippen LogP contribution in [0.25, 0.3) is 0 Å². The van der Waals surface area contributed by atoms with Crippen LogP contribution >= 0.6 is 0 Å². The zero-order valence-electron chi connectivity index (χ0n) is 30.6. The number of carbonyl (C=O) groups excluding carboxylic acids is 7. The number of methoxy groups -OCH3 is 2. The predicted molar refractivity (Wildman–Crippen MR) is 192 cm³/mol. The van der Waals surface area contributed by atoms with Gasteiger partial charge in [0.2, 0.25) is 41.4 Å². The zero-order valence-corrected chi connectivity index (χ0v) is 30.6. The number of aliphatic hydroxyl groups excluding tert-OH is 1. The molecule has 0 saturated heterocycles. The quantitative estimate of drug-likeness (QED) is 0.0857. The van der Waals surface area contributed by atoms with Crippen molar-refractivity contribution in [2.75, 3.05) is 66.8 Å². The fourth-order valence-corrected chi connectivity index (χ4v) is 4.93. The Kier molecular flexibility index (Phi) is 19.2. The molecule has 2 aromatic carbocycles. The summed E-state index contributed by atoms with van der Waals surface area (Å²) in [4.78, 5) is 94.3. The van der Waals surface area contributed by atoms with E-state index in [9.17, 15) is 38.7 Å². The number of rotatable bonds is 23. The first-order valence-electron chi connectivity index (χ1n) is 17.0. The summed E-state index contributed by atoms with van der Waals surface area (Å²) in [5.74, 6) is -4.72. The summed E-state index contributed by atoms with van der Waals surface area (Å²) in [6.45, 7) is 0.892. The van der Waals surface area contributed by atoms with Crippen molar-refractivity contribution >= 4 is 41.4 Å². The second kappa shape index (κ2) is 23.2. The lowest BCUT2D eigenvalue weighted by Gasteiger charge is -2.30.